The molecule has 0 atom stereocenters. The Kier molecular flexibility index (Phi) is 4.76. The van der Waals surface area contributed by atoms with Crippen molar-refractivity contribution < 1.29 is 18.1 Å². The van der Waals surface area contributed by atoms with Gasteiger partial charge in [-0.25, -0.2) is 8.42 Å². The van der Waals surface area contributed by atoms with Crippen LogP contribution in [0.15, 0.2) is 23.1 Å². The van der Waals surface area contributed by atoms with E-state index in [2.05, 4.69) is 5.32 Å². The van der Waals surface area contributed by atoms with Gasteiger partial charge >= 0.3 is 0 Å². The molecule has 1 aliphatic heterocycles. The first-order chi connectivity index (χ1) is 9.96. The predicted molar refractivity (Wildman–Crippen MR) is 76.8 cm³/mol. The van der Waals surface area contributed by atoms with Gasteiger partial charge in [-0.2, -0.15) is 4.31 Å². The molecule has 0 aliphatic carbocycles. The minimum atomic E-state index is -3.92. The summed E-state index contributed by atoms with van der Waals surface area (Å²) in [5.41, 5.74) is 0.0874. The van der Waals surface area contributed by atoms with Crippen LogP contribution in [0.3, 0.4) is 0 Å². The van der Waals surface area contributed by atoms with Crippen molar-refractivity contribution in [3.05, 3.63) is 28.3 Å². The summed E-state index contributed by atoms with van der Waals surface area (Å²) in [6.45, 7) is 1.27. The quantitative estimate of drug-likeness (QED) is 0.658. The second kappa shape index (κ2) is 6.37. The lowest BCUT2D eigenvalue weighted by molar-refractivity contribution is -0.387. The molecule has 1 saturated heterocycles. The Hall–Kier alpha value is -1.71. The maximum absolute atomic E-state index is 12.7. The minimum absolute atomic E-state index is 0.198. The zero-order valence-electron chi connectivity index (χ0n) is 11.6. The molecule has 0 bridgehead atoms. The average Bonchev–Trinajstić information content (AvgIpc) is 2.76. The number of hydrogen-bond acceptors (Lipinski definition) is 6. The molecular formula is C12H17N3O5S. The molecule has 2 rings (SSSR count). The van der Waals surface area contributed by atoms with Crippen LogP contribution in [0.2, 0.25) is 0 Å². The van der Waals surface area contributed by atoms with E-state index < -0.39 is 20.6 Å². The smallest absolute Gasteiger partial charge is 0.289 e. The summed E-state index contributed by atoms with van der Waals surface area (Å²) in [6.07, 6.45) is 0.568. The van der Waals surface area contributed by atoms with Crippen LogP contribution in [0.1, 0.15) is 6.42 Å². The number of rotatable bonds is 4. The summed E-state index contributed by atoms with van der Waals surface area (Å²) in [7, 11) is -2.30. The number of nitro groups is 1. The largest absolute Gasteiger partial charge is 0.388 e. The lowest BCUT2D eigenvalue weighted by Crippen LogP contribution is -2.33. The van der Waals surface area contributed by atoms with Crippen molar-refractivity contribution in [3.63, 3.8) is 0 Å². The molecule has 1 heterocycles. The SMILES string of the molecule is CNc1ccc([N+](=O)[O-])c(S(=O)(=O)N2CCCOCC2)c1. The van der Waals surface area contributed by atoms with E-state index in [0.29, 0.717) is 31.9 Å². The van der Waals surface area contributed by atoms with Gasteiger partial charge in [-0.05, 0) is 18.6 Å². The zero-order valence-corrected chi connectivity index (χ0v) is 12.4. The third-order valence-corrected chi connectivity index (χ3v) is 5.17. The number of benzene rings is 1. The molecule has 1 N–H and O–H groups in total. The van der Waals surface area contributed by atoms with Crippen molar-refractivity contribution in [1.82, 2.24) is 4.31 Å². The highest BCUT2D eigenvalue weighted by Crippen LogP contribution is 2.29. The van der Waals surface area contributed by atoms with E-state index in [1.165, 1.54) is 22.5 Å². The van der Waals surface area contributed by atoms with Gasteiger partial charge < -0.3 is 10.1 Å². The van der Waals surface area contributed by atoms with E-state index >= 15 is 0 Å². The Balaban J connectivity index is 2.48. The highest BCUT2D eigenvalue weighted by atomic mass is 32.2. The molecule has 9 heteroatoms. The second-order valence-electron chi connectivity index (χ2n) is 4.56. The zero-order chi connectivity index (χ0) is 15.5. The van der Waals surface area contributed by atoms with E-state index in [4.69, 9.17) is 4.74 Å². The molecule has 0 spiro atoms. The Labute approximate surface area is 122 Å². The van der Waals surface area contributed by atoms with Gasteiger partial charge in [0, 0.05) is 38.5 Å². The summed E-state index contributed by atoms with van der Waals surface area (Å²) in [4.78, 5) is 10.1. The summed E-state index contributed by atoms with van der Waals surface area (Å²) in [5, 5.41) is 13.9. The van der Waals surface area contributed by atoms with Gasteiger partial charge in [0.05, 0.1) is 11.5 Å². The van der Waals surface area contributed by atoms with Gasteiger partial charge in [0.15, 0.2) is 4.90 Å². The third-order valence-electron chi connectivity index (χ3n) is 3.24. The summed E-state index contributed by atoms with van der Waals surface area (Å²) in [5.74, 6) is 0. The number of hydrogen-bond donors (Lipinski definition) is 1. The van der Waals surface area contributed by atoms with Crippen LogP contribution in [-0.4, -0.2) is 51.0 Å². The molecule has 0 unspecified atom stereocenters. The molecule has 1 aromatic carbocycles. The van der Waals surface area contributed by atoms with E-state index in [1.54, 1.807) is 7.05 Å². The van der Waals surface area contributed by atoms with Crippen LogP contribution in [0, 0.1) is 10.1 Å². The predicted octanol–water partition coefficient (Wildman–Crippen LogP) is 1.05. The molecule has 1 aliphatic rings. The fourth-order valence-corrected chi connectivity index (χ4v) is 3.78. The number of nitrogens with zero attached hydrogens (tertiary/aromatic N) is 2. The lowest BCUT2D eigenvalue weighted by atomic mass is 10.3. The van der Waals surface area contributed by atoms with E-state index in [-0.39, 0.29) is 11.4 Å². The van der Waals surface area contributed by atoms with E-state index in [9.17, 15) is 18.5 Å². The van der Waals surface area contributed by atoms with Crippen molar-refractivity contribution >= 4 is 21.4 Å². The van der Waals surface area contributed by atoms with Crippen molar-refractivity contribution in [1.29, 1.82) is 0 Å². The number of ether oxygens (including phenoxy) is 1. The molecule has 0 radical (unpaired) electrons. The van der Waals surface area contributed by atoms with E-state index in [0.717, 1.165) is 0 Å². The van der Waals surface area contributed by atoms with Gasteiger partial charge in [0.1, 0.15) is 0 Å². The Morgan fingerprint density at radius 1 is 1.33 bits per heavy atom. The summed E-state index contributed by atoms with van der Waals surface area (Å²) in [6, 6.07) is 3.97. The average molecular weight is 315 g/mol. The van der Waals surface area contributed by atoms with Crippen LogP contribution in [0.25, 0.3) is 0 Å². The molecular weight excluding hydrogens is 298 g/mol. The highest BCUT2D eigenvalue weighted by molar-refractivity contribution is 7.89. The van der Waals surface area contributed by atoms with Crippen molar-refractivity contribution in [2.45, 2.75) is 11.3 Å². The Morgan fingerprint density at radius 2 is 2.10 bits per heavy atom. The maximum atomic E-state index is 12.7. The first kappa shape index (κ1) is 15.7. The number of sulfonamides is 1. The molecule has 8 nitrogen and oxygen atoms in total. The van der Waals surface area contributed by atoms with Crippen molar-refractivity contribution in [3.8, 4) is 0 Å². The fraction of sp³-hybridized carbons (Fsp3) is 0.500. The van der Waals surface area contributed by atoms with Gasteiger partial charge in [-0.15, -0.1) is 0 Å². The van der Waals surface area contributed by atoms with E-state index in [1.807, 2.05) is 0 Å². The van der Waals surface area contributed by atoms with Crippen LogP contribution < -0.4 is 5.32 Å². The van der Waals surface area contributed by atoms with Gasteiger partial charge in [-0.1, -0.05) is 0 Å². The third kappa shape index (κ3) is 3.31. The highest BCUT2D eigenvalue weighted by Gasteiger charge is 2.32. The van der Waals surface area contributed by atoms with Crippen LogP contribution in [-0.2, 0) is 14.8 Å². The number of anilines is 1. The van der Waals surface area contributed by atoms with Crippen molar-refractivity contribution in [2.24, 2.45) is 0 Å². The maximum Gasteiger partial charge on any atom is 0.289 e. The Bertz CT molecular complexity index is 624. The van der Waals surface area contributed by atoms with Gasteiger partial charge in [-0.3, -0.25) is 10.1 Å². The molecule has 1 fully saturated rings. The minimum Gasteiger partial charge on any atom is -0.388 e. The van der Waals surface area contributed by atoms with Gasteiger partial charge in [0.2, 0.25) is 10.0 Å². The normalized spacial score (nSPS) is 17.2. The Morgan fingerprint density at radius 3 is 2.76 bits per heavy atom. The molecule has 0 saturated carbocycles. The molecule has 116 valence electrons. The summed E-state index contributed by atoms with van der Waals surface area (Å²) < 4.78 is 31.8. The van der Waals surface area contributed by atoms with Crippen molar-refractivity contribution in [2.75, 3.05) is 38.7 Å². The number of nitro benzene ring substituents is 1. The lowest BCUT2D eigenvalue weighted by Gasteiger charge is -2.19. The van der Waals surface area contributed by atoms with Gasteiger partial charge in [0.25, 0.3) is 5.69 Å². The first-order valence-corrected chi connectivity index (χ1v) is 7.95. The van der Waals surface area contributed by atoms with Crippen LogP contribution >= 0.6 is 0 Å². The monoisotopic (exact) mass is 315 g/mol. The summed E-state index contributed by atoms with van der Waals surface area (Å²) >= 11 is 0. The second-order valence-corrected chi connectivity index (χ2v) is 6.47. The first-order valence-electron chi connectivity index (χ1n) is 6.51. The molecule has 21 heavy (non-hydrogen) atoms. The number of nitrogens with one attached hydrogen (secondary N) is 1. The standard InChI is InChI=1S/C12H17N3O5S/c1-13-10-3-4-11(15(16)17)12(9-10)21(18,19)14-5-2-7-20-8-6-14/h3-4,9,13H,2,5-8H2,1H3. The molecule has 0 amide bonds. The molecule has 1 aromatic rings. The fourth-order valence-electron chi connectivity index (χ4n) is 2.13. The topological polar surface area (TPSA) is 102 Å². The molecule has 0 aromatic heterocycles. The van der Waals surface area contributed by atoms with Crippen LogP contribution in [0.5, 0.6) is 0 Å². The van der Waals surface area contributed by atoms with Crippen LogP contribution in [0.4, 0.5) is 11.4 Å².